The van der Waals surface area contributed by atoms with Gasteiger partial charge in [0.05, 0.1) is 11.1 Å². The molecule has 36 heavy (non-hydrogen) atoms. The summed E-state index contributed by atoms with van der Waals surface area (Å²) in [6.45, 7) is 2.34. The van der Waals surface area contributed by atoms with Crippen LogP contribution in [0.25, 0.3) is 0 Å². The number of piperidine rings is 1. The van der Waals surface area contributed by atoms with Gasteiger partial charge in [0.15, 0.2) is 0 Å². The molecule has 1 aliphatic carbocycles. The van der Waals surface area contributed by atoms with Gasteiger partial charge in [-0.25, -0.2) is 0 Å². The predicted octanol–water partition coefficient (Wildman–Crippen LogP) is 3.56. The van der Waals surface area contributed by atoms with Crippen molar-refractivity contribution >= 4 is 29.3 Å². The highest BCUT2D eigenvalue weighted by Crippen LogP contribution is 2.31. The van der Waals surface area contributed by atoms with E-state index in [0.717, 1.165) is 70.1 Å². The van der Waals surface area contributed by atoms with Crippen LogP contribution >= 0.6 is 0 Å². The minimum atomic E-state index is -0.325. The van der Waals surface area contributed by atoms with Crippen LogP contribution in [0.3, 0.4) is 0 Å². The SMILES string of the molecule is NC(=O)C1CCN(Cc2cccc(NC(=O)c3ccc4c(c3)C(=O)N(C3CCCCC3)C4=O)c2)CC1. The van der Waals surface area contributed by atoms with Crippen molar-refractivity contribution < 1.29 is 19.2 Å². The molecule has 0 bridgehead atoms. The number of nitrogens with one attached hydrogen (secondary N) is 1. The number of nitrogens with two attached hydrogens (primary N) is 1. The number of carbonyl (C=O) groups excluding carboxylic acids is 4. The van der Waals surface area contributed by atoms with Crippen molar-refractivity contribution in [1.82, 2.24) is 9.80 Å². The Morgan fingerprint density at radius 3 is 2.33 bits per heavy atom. The first kappa shape index (κ1) is 24.2. The topological polar surface area (TPSA) is 113 Å². The average molecular weight is 489 g/mol. The standard InChI is InChI=1S/C28H32N4O4/c29-25(33)19-11-13-31(14-12-19)17-18-5-4-6-21(15-18)30-26(34)20-9-10-23-24(16-20)28(36)32(27(23)35)22-7-2-1-3-8-22/h4-6,9-10,15-16,19,22H,1-3,7-8,11-14,17H2,(H2,29,33)(H,30,34). The predicted molar refractivity (Wildman–Crippen MR) is 135 cm³/mol. The summed E-state index contributed by atoms with van der Waals surface area (Å²) in [5.41, 5.74) is 8.19. The maximum absolute atomic E-state index is 13.1. The minimum absolute atomic E-state index is 0.0453. The van der Waals surface area contributed by atoms with Crippen LogP contribution in [0.1, 0.15) is 81.6 Å². The normalized spacial score (nSPS) is 19.4. The number of imide groups is 1. The Morgan fingerprint density at radius 1 is 0.889 bits per heavy atom. The second kappa shape index (κ2) is 10.2. The molecule has 1 saturated heterocycles. The third-order valence-electron chi connectivity index (χ3n) is 7.70. The fraction of sp³-hybridized carbons (Fsp3) is 0.429. The summed E-state index contributed by atoms with van der Waals surface area (Å²) in [5, 5.41) is 2.92. The van der Waals surface area contributed by atoms with E-state index < -0.39 is 0 Å². The number of amides is 4. The van der Waals surface area contributed by atoms with E-state index in [1.807, 2.05) is 24.3 Å². The Kier molecular flexibility index (Phi) is 6.87. The molecule has 8 heteroatoms. The Balaban J connectivity index is 1.24. The molecule has 0 atom stereocenters. The molecule has 2 aromatic rings. The summed E-state index contributed by atoms with van der Waals surface area (Å²) in [6.07, 6.45) is 6.41. The van der Waals surface area contributed by atoms with Gasteiger partial charge in [-0.2, -0.15) is 0 Å². The maximum atomic E-state index is 13.1. The summed E-state index contributed by atoms with van der Waals surface area (Å²) in [6, 6.07) is 12.4. The Morgan fingerprint density at radius 2 is 1.61 bits per heavy atom. The number of fused-ring (bicyclic) bond motifs is 1. The second-order valence-corrected chi connectivity index (χ2v) is 10.1. The molecule has 2 heterocycles. The zero-order chi connectivity index (χ0) is 25.2. The van der Waals surface area contributed by atoms with Crippen LogP contribution in [0.4, 0.5) is 5.69 Å². The van der Waals surface area contributed by atoms with Crippen molar-refractivity contribution in [1.29, 1.82) is 0 Å². The fourth-order valence-corrected chi connectivity index (χ4v) is 5.66. The molecule has 0 radical (unpaired) electrons. The van der Waals surface area contributed by atoms with Crippen molar-refractivity contribution in [2.75, 3.05) is 18.4 Å². The van der Waals surface area contributed by atoms with Gasteiger partial charge in [0.2, 0.25) is 5.91 Å². The van der Waals surface area contributed by atoms with Gasteiger partial charge < -0.3 is 11.1 Å². The van der Waals surface area contributed by atoms with Crippen LogP contribution in [-0.2, 0) is 11.3 Å². The molecule has 0 spiro atoms. The average Bonchev–Trinajstić information content (AvgIpc) is 3.14. The van der Waals surface area contributed by atoms with Crippen molar-refractivity contribution in [2.24, 2.45) is 11.7 Å². The van der Waals surface area contributed by atoms with Gasteiger partial charge in [0.1, 0.15) is 0 Å². The smallest absolute Gasteiger partial charge is 0.261 e. The monoisotopic (exact) mass is 488 g/mol. The highest BCUT2D eigenvalue weighted by Gasteiger charge is 2.40. The van der Waals surface area contributed by atoms with E-state index in [9.17, 15) is 19.2 Å². The van der Waals surface area contributed by atoms with Gasteiger partial charge in [0, 0.05) is 29.8 Å². The number of nitrogens with zero attached hydrogens (tertiary/aromatic N) is 2. The molecule has 5 rings (SSSR count). The number of benzene rings is 2. The van der Waals surface area contributed by atoms with E-state index in [1.54, 1.807) is 18.2 Å². The highest BCUT2D eigenvalue weighted by atomic mass is 16.2. The third kappa shape index (κ3) is 4.91. The Bertz CT molecular complexity index is 1200. The van der Waals surface area contributed by atoms with Gasteiger partial charge in [0.25, 0.3) is 17.7 Å². The summed E-state index contributed by atoms with van der Waals surface area (Å²) in [7, 11) is 0. The van der Waals surface area contributed by atoms with Crippen molar-refractivity contribution in [3.05, 3.63) is 64.7 Å². The summed E-state index contributed by atoms with van der Waals surface area (Å²) >= 11 is 0. The summed E-state index contributed by atoms with van der Waals surface area (Å²) < 4.78 is 0. The third-order valence-corrected chi connectivity index (χ3v) is 7.70. The van der Waals surface area contributed by atoms with E-state index >= 15 is 0 Å². The minimum Gasteiger partial charge on any atom is -0.369 e. The van der Waals surface area contributed by atoms with E-state index in [4.69, 9.17) is 5.73 Å². The lowest BCUT2D eigenvalue weighted by Crippen LogP contribution is -2.40. The molecule has 2 aliphatic heterocycles. The van der Waals surface area contributed by atoms with E-state index in [-0.39, 0.29) is 35.6 Å². The molecule has 0 aromatic heterocycles. The molecular formula is C28H32N4O4. The molecule has 8 nitrogen and oxygen atoms in total. The summed E-state index contributed by atoms with van der Waals surface area (Å²) in [4.78, 5) is 54.1. The first-order valence-electron chi connectivity index (χ1n) is 12.8. The van der Waals surface area contributed by atoms with Crippen molar-refractivity contribution in [3.63, 3.8) is 0 Å². The zero-order valence-corrected chi connectivity index (χ0v) is 20.4. The maximum Gasteiger partial charge on any atom is 0.261 e. The molecule has 1 saturated carbocycles. The van der Waals surface area contributed by atoms with E-state index in [1.165, 1.54) is 4.90 Å². The molecule has 3 aliphatic rings. The van der Waals surface area contributed by atoms with Crippen LogP contribution in [0, 0.1) is 5.92 Å². The van der Waals surface area contributed by atoms with Crippen LogP contribution in [-0.4, -0.2) is 52.6 Å². The summed E-state index contributed by atoms with van der Waals surface area (Å²) in [5.74, 6) is -1.14. The number of hydrogen-bond donors (Lipinski definition) is 2. The van der Waals surface area contributed by atoms with Crippen molar-refractivity contribution in [3.8, 4) is 0 Å². The van der Waals surface area contributed by atoms with Gasteiger partial charge in [-0.1, -0.05) is 31.4 Å². The second-order valence-electron chi connectivity index (χ2n) is 10.1. The lowest BCUT2D eigenvalue weighted by atomic mass is 9.94. The Labute approximate surface area is 210 Å². The number of anilines is 1. The number of primary amides is 1. The molecule has 0 unspecified atom stereocenters. The van der Waals surface area contributed by atoms with Gasteiger partial charge in [-0.15, -0.1) is 0 Å². The first-order valence-corrected chi connectivity index (χ1v) is 12.8. The molecule has 2 fully saturated rings. The van der Waals surface area contributed by atoms with E-state index in [0.29, 0.717) is 22.4 Å². The highest BCUT2D eigenvalue weighted by molar-refractivity contribution is 6.22. The van der Waals surface area contributed by atoms with Crippen LogP contribution in [0.15, 0.2) is 42.5 Å². The molecule has 3 N–H and O–H groups in total. The largest absolute Gasteiger partial charge is 0.369 e. The first-order chi connectivity index (χ1) is 17.4. The number of hydrogen-bond acceptors (Lipinski definition) is 5. The lowest BCUT2D eigenvalue weighted by Gasteiger charge is -2.30. The number of likely N-dealkylation sites (tertiary alicyclic amines) is 1. The van der Waals surface area contributed by atoms with Crippen LogP contribution in [0.5, 0.6) is 0 Å². The fourth-order valence-electron chi connectivity index (χ4n) is 5.66. The molecule has 4 amide bonds. The quantitative estimate of drug-likeness (QED) is 0.604. The molecular weight excluding hydrogens is 456 g/mol. The van der Waals surface area contributed by atoms with Crippen LogP contribution < -0.4 is 11.1 Å². The molecule has 2 aromatic carbocycles. The Hall–Kier alpha value is -3.52. The van der Waals surface area contributed by atoms with Gasteiger partial charge in [-0.05, 0) is 74.7 Å². The van der Waals surface area contributed by atoms with E-state index in [2.05, 4.69) is 10.2 Å². The van der Waals surface area contributed by atoms with Gasteiger partial charge in [-0.3, -0.25) is 29.0 Å². The number of carbonyl (C=O) groups is 4. The van der Waals surface area contributed by atoms with Gasteiger partial charge >= 0.3 is 0 Å². The number of rotatable bonds is 6. The lowest BCUT2D eigenvalue weighted by molar-refractivity contribution is -0.123. The van der Waals surface area contributed by atoms with Crippen LogP contribution in [0.2, 0.25) is 0 Å². The molecule has 188 valence electrons. The zero-order valence-electron chi connectivity index (χ0n) is 20.4. The van der Waals surface area contributed by atoms with Crippen molar-refractivity contribution in [2.45, 2.75) is 57.5 Å².